The second-order valence-electron chi connectivity index (χ2n) is 5.71. The lowest BCUT2D eigenvalue weighted by Crippen LogP contribution is -2.49. The van der Waals surface area contributed by atoms with Crippen molar-refractivity contribution in [2.75, 3.05) is 45.8 Å². The van der Waals surface area contributed by atoms with Gasteiger partial charge in [0.05, 0.1) is 6.54 Å². The number of rotatable bonds is 3. The largest absolute Gasteiger partial charge is 0.338 e. The molecule has 4 nitrogen and oxygen atoms in total. The number of hydrogen-bond donors (Lipinski definition) is 1. The van der Waals surface area contributed by atoms with Gasteiger partial charge in [-0.3, -0.25) is 9.69 Å². The number of nitrogens with zero attached hydrogens (tertiary/aromatic N) is 2. The Balaban J connectivity index is 1.55. The van der Waals surface area contributed by atoms with E-state index in [1.807, 2.05) is 11.0 Å². The minimum Gasteiger partial charge on any atom is -0.338 e. The van der Waals surface area contributed by atoms with Crippen LogP contribution in [0.3, 0.4) is 0 Å². The predicted molar refractivity (Wildman–Crippen MR) is 84.9 cm³/mol. The fourth-order valence-electron chi connectivity index (χ4n) is 2.97. The monoisotopic (exact) mass is 285 g/mol. The lowest BCUT2D eigenvalue weighted by Gasteiger charge is -2.31. The van der Waals surface area contributed by atoms with Gasteiger partial charge in [0.2, 0.25) is 5.91 Å². The fourth-order valence-corrected chi connectivity index (χ4v) is 2.97. The van der Waals surface area contributed by atoms with E-state index in [4.69, 9.17) is 0 Å². The van der Waals surface area contributed by atoms with E-state index >= 15 is 0 Å². The summed E-state index contributed by atoms with van der Waals surface area (Å²) in [5.74, 6) is 0.264. The molecule has 2 heterocycles. The van der Waals surface area contributed by atoms with Crippen LogP contribution in [0.1, 0.15) is 12.0 Å². The third kappa shape index (κ3) is 3.71. The summed E-state index contributed by atoms with van der Waals surface area (Å²) in [7, 11) is 0. The molecule has 4 heteroatoms. The van der Waals surface area contributed by atoms with E-state index < -0.39 is 0 Å². The van der Waals surface area contributed by atoms with E-state index in [1.54, 1.807) is 0 Å². The predicted octanol–water partition coefficient (Wildman–Crippen LogP) is 1.21. The maximum Gasteiger partial charge on any atom is 0.237 e. The molecule has 1 amide bonds. The maximum absolute atomic E-state index is 12.3. The van der Waals surface area contributed by atoms with Crippen LogP contribution in [0.15, 0.2) is 36.4 Å². The van der Waals surface area contributed by atoms with Gasteiger partial charge < -0.3 is 10.2 Å². The summed E-state index contributed by atoms with van der Waals surface area (Å²) in [4.78, 5) is 16.6. The summed E-state index contributed by atoms with van der Waals surface area (Å²) in [6, 6.07) is 10.5. The van der Waals surface area contributed by atoms with Crippen LogP contribution in [0.2, 0.25) is 0 Å². The first-order chi connectivity index (χ1) is 10.3. The molecule has 0 atom stereocenters. The van der Waals surface area contributed by atoms with Crippen LogP contribution < -0.4 is 5.32 Å². The van der Waals surface area contributed by atoms with E-state index in [2.05, 4.69) is 40.6 Å². The van der Waals surface area contributed by atoms with Crippen LogP contribution in [0.5, 0.6) is 0 Å². The summed E-state index contributed by atoms with van der Waals surface area (Å²) >= 11 is 0. The first-order valence-electron chi connectivity index (χ1n) is 7.78. The second kappa shape index (κ2) is 6.87. The maximum atomic E-state index is 12.3. The molecule has 2 aliphatic heterocycles. The molecule has 2 aliphatic rings. The van der Waals surface area contributed by atoms with Crippen molar-refractivity contribution in [2.24, 2.45) is 0 Å². The number of hydrogen-bond acceptors (Lipinski definition) is 3. The Morgan fingerprint density at radius 1 is 1.10 bits per heavy atom. The highest BCUT2D eigenvalue weighted by Gasteiger charge is 2.20. The van der Waals surface area contributed by atoms with E-state index in [-0.39, 0.29) is 5.91 Å². The van der Waals surface area contributed by atoms with Crippen LogP contribution in [-0.4, -0.2) is 61.5 Å². The van der Waals surface area contributed by atoms with Gasteiger partial charge in [0, 0.05) is 39.3 Å². The molecule has 1 aromatic carbocycles. The lowest BCUT2D eigenvalue weighted by molar-refractivity contribution is -0.132. The van der Waals surface area contributed by atoms with Crippen molar-refractivity contribution in [3.05, 3.63) is 42.0 Å². The number of amides is 1. The molecule has 0 aliphatic carbocycles. The second-order valence-corrected chi connectivity index (χ2v) is 5.71. The number of carbonyl (C=O) groups excluding carboxylic acids is 1. The van der Waals surface area contributed by atoms with Crippen LogP contribution in [-0.2, 0) is 4.79 Å². The topological polar surface area (TPSA) is 35.6 Å². The molecular formula is C17H23N3O. The van der Waals surface area contributed by atoms with Crippen molar-refractivity contribution >= 4 is 11.5 Å². The van der Waals surface area contributed by atoms with Gasteiger partial charge in [-0.1, -0.05) is 36.4 Å². The number of benzene rings is 1. The van der Waals surface area contributed by atoms with Crippen molar-refractivity contribution in [3.63, 3.8) is 0 Å². The quantitative estimate of drug-likeness (QED) is 0.907. The summed E-state index contributed by atoms with van der Waals surface area (Å²) < 4.78 is 0. The SMILES string of the molecule is O=C(CN1CCNCC1)N1CC=C(c2ccccc2)CC1. The Labute approximate surface area is 126 Å². The minimum atomic E-state index is 0.264. The first kappa shape index (κ1) is 14.3. The molecule has 3 rings (SSSR count). The Kier molecular flexibility index (Phi) is 4.68. The van der Waals surface area contributed by atoms with Crippen molar-refractivity contribution in [1.29, 1.82) is 0 Å². The molecule has 1 fully saturated rings. The molecule has 0 saturated carbocycles. The van der Waals surface area contributed by atoms with E-state index in [0.29, 0.717) is 6.54 Å². The standard InChI is InChI=1S/C17H23N3O/c21-17(14-19-12-8-18-9-13-19)20-10-6-16(7-11-20)15-4-2-1-3-5-15/h1-6,18H,7-14H2. The minimum absolute atomic E-state index is 0.264. The average Bonchev–Trinajstić information content (AvgIpc) is 2.57. The molecule has 0 aromatic heterocycles. The molecule has 21 heavy (non-hydrogen) atoms. The Hall–Kier alpha value is -1.65. The fraction of sp³-hybridized carbons (Fsp3) is 0.471. The van der Waals surface area contributed by atoms with Gasteiger partial charge in [-0.2, -0.15) is 0 Å². The van der Waals surface area contributed by atoms with Gasteiger partial charge in [-0.25, -0.2) is 0 Å². The van der Waals surface area contributed by atoms with Crippen LogP contribution >= 0.6 is 0 Å². The molecule has 0 unspecified atom stereocenters. The Bertz CT molecular complexity index is 506. The Morgan fingerprint density at radius 2 is 1.86 bits per heavy atom. The molecule has 1 N–H and O–H groups in total. The van der Waals surface area contributed by atoms with Crippen LogP contribution in [0, 0.1) is 0 Å². The van der Waals surface area contributed by atoms with Crippen LogP contribution in [0.4, 0.5) is 0 Å². The summed E-state index contributed by atoms with van der Waals surface area (Å²) in [5.41, 5.74) is 2.65. The van der Waals surface area contributed by atoms with Gasteiger partial charge in [0.15, 0.2) is 0 Å². The van der Waals surface area contributed by atoms with Crippen molar-refractivity contribution in [2.45, 2.75) is 6.42 Å². The van der Waals surface area contributed by atoms with Crippen LogP contribution in [0.25, 0.3) is 5.57 Å². The number of nitrogens with one attached hydrogen (secondary N) is 1. The highest BCUT2D eigenvalue weighted by Crippen LogP contribution is 2.22. The zero-order valence-electron chi connectivity index (χ0n) is 12.4. The zero-order chi connectivity index (χ0) is 14.5. The van der Waals surface area contributed by atoms with Gasteiger partial charge in [-0.05, 0) is 17.6 Å². The summed E-state index contributed by atoms with van der Waals surface area (Å²) in [5, 5.41) is 3.32. The third-order valence-corrected chi connectivity index (χ3v) is 4.27. The number of carbonyl (C=O) groups is 1. The average molecular weight is 285 g/mol. The molecule has 0 spiro atoms. The van der Waals surface area contributed by atoms with Gasteiger partial charge >= 0.3 is 0 Å². The normalized spacial score (nSPS) is 20.2. The van der Waals surface area contributed by atoms with E-state index in [0.717, 1.165) is 45.7 Å². The third-order valence-electron chi connectivity index (χ3n) is 4.27. The smallest absolute Gasteiger partial charge is 0.237 e. The summed E-state index contributed by atoms with van der Waals surface area (Å²) in [6.45, 7) is 6.09. The molecule has 1 aromatic rings. The van der Waals surface area contributed by atoms with E-state index in [1.165, 1.54) is 11.1 Å². The summed E-state index contributed by atoms with van der Waals surface area (Å²) in [6.07, 6.45) is 3.16. The molecule has 112 valence electrons. The molecular weight excluding hydrogens is 262 g/mol. The highest BCUT2D eigenvalue weighted by atomic mass is 16.2. The van der Waals surface area contributed by atoms with Crippen molar-refractivity contribution < 1.29 is 4.79 Å². The molecule has 1 saturated heterocycles. The number of piperazine rings is 1. The Morgan fingerprint density at radius 3 is 2.52 bits per heavy atom. The highest BCUT2D eigenvalue weighted by molar-refractivity contribution is 5.80. The molecule has 0 radical (unpaired) electrons. The first-order valence-corrected chi connectivity index (χ1v) is 7.78. The molecule has 0 bridgehead atoms. The van der Waals surface area contributed by atoms with Crippen molar-refractivity contribution in [1.82, 2.24) is 15.1 Å². The van der Waals surface area contributed by atoms with E-state index in [9.17, 15) is 4.79 Å². The van der Waals surface area contributed by atoms with Gasteiger partial charge in [-0.15, -0.1) is 0 Å². The zero-order valence-corrected chi connectivity index (χ0v) is 12.4. The van der Waals surface area contributed by atoms with Crippen molar-refractivity contribution in [3.8, 4) is 0 Å². The lowest BCUT2D eigenvalue weighted by atomic mass is 9.99. The van der Waals surface area contributed by atoms with Gasteiger partial charge in [0.25, 0.3) is 0 Å². The van der Waals surface area contributed by atoms with Gasteiger partial charge in [0.1, 0.15) is 0 Å².